The molecule has 202 valence electrons. The number of thiophene rings is 1. The average molecular weight is 584 g/mol. The molecule has 1 atom stereocenters. The number of nitrogens with one attached hydrogen (secondary N) is 1. The molecular formula is C27H34ClNO5S3. The minimum atomic E-state index is -3.35. The highest BCUT2D eigenvalue weighted by molar-refractivity contribution is 8.00. The molecule has 0 aliphatic rings. The molecule has 3 aromatic rings. The van der Waals surface area contributed by atoms with Crippen molar-refractivity contribution < 1.29 is 22.7 Å². The Kier molecular flexibility index (Phi) is 11.1. The summed E-state index contributed by atoms with van der Waals surface area (Å²) in [4.78, 5) is 12.6. The van der Waals surface area contributed by atoms with E-state index in [2.05, 4.69) is 18.3 Å². The molecule has 1 unspecified atom stereocenters. The second kappa shape index (κ2) is 13.8. The van der Waals surface area contributed by atoms with Gasteiger partial charge >= 0.3 is 5.97 Å². The van der Waals surface area contributed by atoms with Crippen molar-refractivity contribution in [2.24, 2.45) is 0 Å². The maximum Gasteiger partial charge on any atom is 0.344 e. The van der Waals surface area contributed by atoms with Crippen LogP contribution in [0.5, 0.6) is 5.75 Å². The van der Waals surface area contributed by atoms with Gasteiger partial charge in [0.1, 0.15) is 9.96 Å². The van der Waals surface area contributed by atoms with E-state index in [1.54, 1.807) is 24.8 Å². The number of fused-ring (bicyclic) bond motifs is 1. The largest absolute Gasteiger partial charge is 0.482 e. The van der Waals surface area contributed by atoms with Crippen LogP contribution in [0.1, 0.15) is 37.8 Å². The number of benzene rings is 2. The third-order valence-corrected chi connectivity index (χ3v) is 11.2. The number of thioether (sulfide) groups is 1. The van der Waals surface area contributed by atoms with Crippen molar-refractivity contribution in [3.05, 3.63) is 52.5 Å². The molecule has 0 amide bonds. The quantitative estimate of drug-likeness (QED) is 0.133. The van der Waals surface area contributed by atoms with Gasteiger partial charge in [-0.3, -0.25) is 0 Å². The molecule has 10 heteroatoms. The van der Waals surface area contributed by atoms with Crippen molar-refractivity contribution in [3.63, 3.8) is 0 Å². The summed E-state index contributed by atoms with van der Waals surface area (Å²) in [6.07, 6.45) is 1.52. The van der Waals surface area contributed by atoms with Crippen LogP contribution in [0.3, 0.4) is 0 Å². The SMILES string of the molecule is CCOC(=O)COc1ccc(SC(CC)CNCCCS(=O)(=O)c2sc3ccc(Cl)cc3c2C)cc1C. The fraction of sp³-hybridized carbons (Fsp3) is 0.444. The van der Waals surface area contributed by atoms with Crippen LogP contribution >= 0.6 is 34.7 Å². The molecular weight excluding hydrogens is 550 g/mol. The number of ether oxygens (including phenoxy) is 2. The van der Waals surface area contributed by atoms with Crippen molar-refractivity contribution in [3.8, 4) is 5.75 Å². The topological polar surface area (TPSA) is 81.7 Å². The number of carbonyl (C=O) groups excluding carboxylic acids is 1. The van der Waals surface area contributed by atoms with Crippen LogP contribution in [0.15, 0.2) is 45.5 Å². The summed E-state index contributed by atoms with van der Waals surface area (Å²) in [6.45, 7) is 9.36. The second-order valence-corrected chi connectivity index (χ2v) is 13.9. The van der Waals surface area contributed by atoms with E-state index in [1.807, 2.05) is 38.1 Å². The van der Waals surface area contributed by atoms with Gasteiger partial charge in [0.05, 0.1) is 12.4 Å². The summed E-state index contributed by atoms with van der Waals surface area (Å²) in [7, 11) is -3.35. The number of aryl methyl sites for hydroxylation is 2. The van der Waals surface area contributed by atoms with Crippen LogP contribution in [-0.2, 0) is 19.4 Å². The first-order valence-electron chi connectivity index (χ1n) is 12.3. The van der Waals surface area contributed by atoms with E-state index in [4.69, 9.17) is 21.1 Å². The summed E-state index contributed by atoms with van der Waals surface area (Å²) in [5, 5.41) is 5.29. The van der Waals surface area contributed by atoms with Gasteiger partial charge in [-0.05, 0) is 93.1 Å². The minimum Gasteiger partial charge on any atom is -0.482 e. The van der Waals surface area contributed by atoms with Crippen LogP contribution in [0.25, 0.3) is 10.1 Å². The van der Waals surface area contributed by atoms with Gasteiger partial charge in [-0.1, -0.05) is 18.5 Å². The highest BCUT2D eigenvalue weighted by Crippen LogP contribution is 2.36. The monoisotopic (exact) mass is 583 g/mol. The molecule has 1 heterocycles. The number of hydrogen-bond acceptors (Lipinski definition) is 8. The van der Waals surface area contributed by atoms with E-state index in [9.17, 15) is 13.2 Å². The minimum absolute atomic E-state index is 0.102. The zero-order valence-corrected chi connectivity index (χ0v) is 24.8. The molecule has 0 saturated carbocycles. The van der Waals surface area contributed by atoms with Crippen LogP contribution < -0.4 is 10.1 Å². The number of esters is 1. The Morgan fingerprint density at radius 2 is 1.95 bits per heavy atom. The molecule has 3 rings (SSSR count). The Bertz CT molecular complexity index is 1320. The predicted octanol–water partition coefficient (Wildman–Crippen LogP) is 6.44. The normalized spacial score (nSPS) is 12.6. The van der Waals surface area contributed by atoms with Crippen molar-refractivity contribution >= 4 is 60.6 Å². The number of sulfone groups is 1. The average Bonchev–Trinajstić information content (AvgIpc) is 3.19. The van der Waals surface area contributed by atoms with Gasteiger partial charge in [0.2, 0.25) is 0 Å². The predicted molar refractivity (Wildman–Crippen MR) is 154 cm³/mol. The van der Waals surface area contributed by atoms with Gasteiger partial charge in [0.25, 0.3) is 0 Å². The standard InChI is InChI=1S/C27H34ClNO5S3/c1-5-21(35-22-9-10-24(18(3)14-22)34-17-26(30)33-6-2)16-29-12-7-13-37(31,32)27-19(4)23-15-20(28)8-11-25(23)36-27/h8-11,14-15,21,29H,5-7,12-13,16-17H2,1-4H3. The molecule has 0 bridgehead atoms. The zero-order valence-electron chi connectivity index (χ0n) is 21.6. The summed E-state index contributed by atoms with van der Waals surface area (Å²) in [5.41, 5.74) is 1.74. The lowest BCUT2D eigenvalue weighted by Crippen LogP contribution is -2.26. The maximum absolute atomic E-state index is 13.0. The highest BCUT2D eigenvalue weighted by Gasteiger charge is 2.21. The summed E-state index contributed by atoms with van der Waals surface area (Å²) in [5.74, 6) is 0.397. The van der Waals surface area contributed by atoms with Crippen molar-refractivity contribution in [1.82, 2.24) is 5.32 Å². The van der Waals surface area contributed by atoms with E-state index in [0.717, 1.165) is 39.1 Å². The molecule has 1 N–H and O–H groups in total. The van der Waals surface area contributed by atoms with Crippen molar-refractivity contribution in [1.29, 1.82) is 0 Å². The molecule has 0 aliphatic heterocycles. The van der Waals surface area contributed by atoms with Gasteiger partial charge in [0, 0.05) is 26.4 Å². The third kappa shape index (κ3) is 8.35. The number of rotatable bonds is 14. The lowest BCUT2D eigenvalue weighted by molar-refractivity contribution is -0.145. The number of carbonyl (C=O) groups is 1. The Morgan fingerprint density at radius 3 is 2.65 bits per heavy atom. The molecule has 0 aliphatic carbocycles. The van der Waals surface area contributed by atoms with Gasteiger partial charge in [0.15, 0.2) is 16.4 Å². The molecule has 37 heavy (non-hydrogen) atoms. The number of hydrogen-bond donors (Lipinski definition) is 1. The second-order valence-electron chi connectivity index (χ2n) is 8.70. The Labute approximate surface area is 233 Å². The van der Waals surface area contributed by atoms with Gasteiger partial charge < -0.3 is 14.8 Å². The van der Waals surface area contributed by atoms with Crippen LogP contribution in [0, 0.1) is 13.8 Å². The first kappa shape index (κ1) is 29.8. The summed E-state index contributed by atoms with van der Waals surface area (Å²) >= 11 is 9.18. The van der Waals surface area contributed by atoms with Gasteiger partial charge in [-0.25, -0.2) is 13.2 Å². The van der Waals surface area contributed by atoms with E-state index in [1.165, 1.54) is 11.3 Å². The highest BCUT2D eigenvalue weighted by atomic mass is 35.5. The van der Waals surface area contributed by atoms with Crippen molar-refractivity contribution in [2.75, 3.05) is 32.1 Å². The van der Waals surface area contributed by atoms with E-state index >= 15 is 0 Å². The molecule has 0 spiro atoms. The first-order chi connectivity index (χ1) is 17.6. The summed E-state index contributed by atoms with van der Waals surface area (Å²) < 4.78 is 37.8. The molecule has 0 fully saturated rings. The van der Waals surface area contributed by atoms with Crippen LogP contribution in [0.2, 0.25) is 5.02 Å². The van der Waals surface area contributed by atoms with Gasteiger partial charge in [-0.2, -0.15) is 0 Å². The number of halogens is 1. The first-order valence-corrected chi connectivity index (χ1v) is 16.0. The lowest BCUT2D eigenvalue weighted by atomic mass is 10.2. The molecule has 6 nitrogen and oxygen atoms in total. The molecule has 0 radical (unpaired) electrons. The zero-order chi connectivity index (χ0) is 27.0. The molecule has 1 aromatic heterocycles. The Morgan fingerprint density at radius 1 is 1.16 bits per heavy atom. The van der Waals surface area contributed by atoms with Crippen LogP contribution in [0.4, 0.5) is 0 Å². The third-order valence-electron chi connectivity index (χ3n) is 5.83. The van der Waals surface area contributed by atoms with E-state index in [0.29, 0.717) is 39.8 Å². The molecule has 0 saturated heterocycles. The molecule has 2 aromatic carbocycles. The fourth-order valence-electron chi connectivity index (χ4n) is 3.87. The summed E-state index contributed by atoms with van der Waals surface area (Å²) in [6, 6.07) is 11.4. The van der Waals surface area contributed by atoms with E-state index < -0.39 is 9.84 Å². The van der Waals surface area contributed by atoms with Crippen molar-refractivity contribution in [2.45, 2.75) is 54.9 Å². The fourth-order valence-corrected chi connectivity index (χ4v) is 8.42. The lowest BCUT2D eigenvalue weighted by Gasteiger charge is -2.17. The Balaban J connectivity index is 1.46. The Hall–Kier alpha value is -1.78. The van der Waals surface area contributed by atoms with E-state index in [-0.39, 0.29) is 18.3 Å². The maximum atomic E-state index is 13.0. The smallest absolute Gasteiger partial charge is 0.344 e. The van der Waals surface area contributed by atoms with Gasteiger partial charge in [-0.15, -0.1) is 23.1 Å². The van der Waals surface area contributed by atoms with Crippen LogP contribution in [-0.4, -0.2) is 51.7 Å².